The summed E-state index contributed by atoms with van der Waals surface area (Å²) in [5.74, 6) is 0. The van der Waals surface area contributed by atoms with Crippen molar-refractivity contribution in [2.45, 2.75) is 57.3 Å². The quantitative estimate of drug-likeness (QED) is 0.0644. The van der Waals surface area contributed by atoms with E-state index in [0.29, 0.717) is 54.2 Å². The summed E-state index contributed by atoms with van der Waals surface area (Å²) in [6.07, 6.45) is 9.61. The van der Waals surface area contributed by atoms with E-state index in [0.717, 1.165) is 69.0 Å². The molecule has 17 nitrogen and oxygen atoms in total. The molecule has 1 N–H and O–H groups in total. The number of hydrogen-bond acceptors (Lipinski definition) is 14. The van der Waals surface area contributed by atoms with Gasteiger partial charge in [0.25, 0.3) is 10.1 Å². The Morgan fingerprint density at radius 1 is 0.351 bits per heavy atom. The Labute approximate surface area is 449 Å². The second-order valence-electron chi connectivity index (χ2n) is 18.0. The van der Waals surface area contributed by atoms with Crippen LogP contribution in [0.15, 0.2) is 219 Å². The first kappa shape index (κ1) is 57.2. The van der Waals surface area contributed by atoms with Gasteiger partial charge in [-0.25, -0.2) is 42.8 Å². The van der Waals surface area contributed by atoms with Crippen molar-refractivity contribution < 1.29 is 74.0 Å². The molecule has 0 saturated heterocycles. The van der Waals surface area contributed by atoms with Crippen molar-refractivity contribution in [3.8, 4) is 11.1 Å². The van der Waals surface area contributed by atoms with Crippen LogP contribution in [0, 0.1) is 6.92 Å². The van der Waals surface area contributed by atoms with E-state index < -0.39 is 79.8 Å². The summed E-state index contributed by atoms with van der Waals surface area (Å²) in [7, 11) is -29.5. The van der Waals surface area contributed by atoms with Crippen LogP contribution in [0.1, 0.15) is 18.4 Å². The van der Waals surface area contributed by atoms with Crippen molar-refractivity contribution in [3.05, 3.63) is 200 Å². The minimum Gasteiger partial charge on any atom is -0.744 e. The zero-order valence-electron chi connectivity index (χ0n) is 40.7. The molecule has 2 heterocycles. The van der Waals surface area contributed by atoms with E-state index in [1.54, 1.807) is 24.3 Å². The zero-order chi connectivity index (χ0) is 55.6. The van der Waals surface area contributed by atoms with Gasteiger partial charge in [0.2, 0.25) is 0 Å². The fraction of sp³-hybridized carbons (Fsp3) is 0.132. The average molecular weight is 1180 g/mol. The maximum Gasteiger partial charge on any atom is 0.294 e. The Hall–Kier alpha value is -5.97. The van der Waals surface area contributed by atoms with Crippen LogP contribution in [0.25, 0.3) is 11.1 Å². The molecule has 1 atom stereocenters. The predicted molar refractivity (Wildman–Crippen MR) is 288 cm³/mol. The third-order valence-corrected chi connectivity index (χ3v) is 26.6. The molecule has 0 aliphatic carbocycles. The summed E-state index contributed by atoms with van der Waals surface area (Å²) in [6.45, 7) is 2.93. The molecule has 0 aliphatic rings. The van der Waals surface area contributed by atoms with E-state index in [4.69, 9.17) is 0 Å². The van der Waals surface area contributed by atoms with Gasteiger partial charge in [0.1, 0.15) is 86.8 Å². The smallest absolute Gasteiger partial charge is 0.294 e. The summed E-state index contributed by atoms with van der Waals surface area (Å²) < 4.78 is 181. The van der Waals surface area contributed by atoms with Crippen LogP contribution in [0.2, 0.25) is 0 Å². The van der Waals surface area contributed by atoms with Gasteiger partial charge in [-0.3, -0.25) is 4.55 Å². The SMILES string of the molecule is Cc1ccc([P+](CCC[n+]2ccc(-c3cc[n+](CCC[P+](c4ccc(S(=O)(=O)[O-])cc4)(c4ccc(S(=O)(=O)[O-])cc4)c4ccc(S(=O)(=O)[O-])cc4)cc3)cc2)(c2ccc(S(=O)(=O)[O-])cc2)c2ccc(S(=O)(=O)O)cc2)cc1. The molecule has 0 bridgehead atoms. The van der Waals surface area contributed by atoms with E-state index >= 15 is 0 Å². The first-order chi connectivity index (χ1) is 36.2. The number of nitrogens with zero attached hydrogens (tertiary/aromatic N) is 2. The van der Waals surface area contributed by atoms with Crippen LogP contribution >= 0.6 is 14.5 Å². The normalized spacial score (nSPS) is 13.5. The number of hydrogen-bond donors (Lipinski definition) is 1. The van der Waals surface area contributed by atoms with Gasteiger partial charge in [0.15, 0.2) is 37.9 Å². The third kappa shape index (κ3) is 13.0. The Morgan fingerprint density at radius 3 is 0.792 bits per heavy atom. The van der Waals surface area contributed by atoms with Crippen LogP contribution in [0.4, 0.5) is 0 Å². The summed E-state index contributed by atoms with van der Waals surface area (Å²) in [5.41, 5.74) is 2.80. The van der Waals surface area contributed by atoms with E-state index in [1.165, 1.54) is 60.7 Å². The average Bonchev–Trinajstić information content (AvgIpc) is 3.40. The molecule has 24 heteroatoms. The molecular formula is C53H48N2O15P2S5. The van der Waals surface area contributed by atoms with Crippen molar-refractivity contribution in [2.24, 2.45) is 0 Å². The molecule has 77 heavy (non-hydrogen) atoms. The van der Waals surface area contributed by atoms with Gasteiger partial charge >= 0.3 is 0 Å². The van der Waals surface area contributed by atoms with Crippen molar-refractivity contribution in [1.82, 2.24) is 0 Å². The van der Waals surface area contributed by atoms with Crippen LogP contribution in [-0.4, -0.2) is 77.2 Å². The van der Waals surface area contributed by atoms with Gasteiger partial charge in [0, 0.05) is 37.1 Å². The summed E-state index contributed by atoms with van der Waals surface area (Å²) in [5, 5.41) is 4.12. The van der Waals surface area contributed by atoms with Gasteiger partial charge in [-0.2, -0.15) is 8.42 Å². The lowest BCUT2D eigenvalue weighted by Crippen LogP contribution is -2.37. The minimum absolute atomic E-state index is 0.280. The van der Waals surface area contributed by atoms with Crippen molar-refractivity contribution >= 4 is 96.9 Å². The second-order valence-corrected chi connectivity index (χ2v) is 32.2. The van der Waals surface area contributed by atoms with E-state index in [9.17, 15) is 64.9 Å². The number of aromatic nitrogens is 2. The highest BCUT2D eigenvalue weighted by molar-refractivity contribution is 7.96. The molecule has 6 aromatic carbocycles. The molecule has 0 saturated carbocycles. The second kappa shape index (κ2) is 22.4. The summed E-state index contributed by atoms with van der Waals surface area (Å²) in [6, 6.07) is 43.4. The first-order valence-corrected chi connectivity index (χ1v) is 34.4. The molecule has 0 radical (unpaired) electrons. The summed E-state index contributed by atoms with van der Waals surface area (Å²) in [4.78, 5) is -2.13. The standard InChI is InChI=1S/C53H48N2O15P2S5/c1-40-4-6-43(7-5-40)71(44-8-18-49(19-9-44)73(56,57)58,45-10-20-50(21-11-45)74(59,60)61)38-2-32-54-34-28-41(29-35-54)42-30-36-55(37-31-42)33-3-39-72(46-12-22-51(23-13-46)75(62,63)64,47-14-24-52(25-15-47)76(65,66)67)48-16-26-53(27-17-48)77(68,69)70/h4-31,34-37H,2-3,32-33,38-39H2,1H3,(H-4,56,57,58,59,60,61,62,63,64,65,66,67,68,69,70). The zero-order valence-corrected chi connectivity index (χ0v) is 46.6. The Kier molecular flexibility index (Phi) is 16.7. The minimum atomic E-state index is -4.85. The highest BCUT2D eigenvalue weighted by atomic mass is 32.2. The van der Waals surface area contributed by atoms with Gasteiger partial charge in [-0.05, 0) is 152 Å². The molecular weight excluding hydrogens is 1130 g/mol. The number of aryl methyl sites for hydroxylation is 3. The van der Waals surface area contributed by atoms with Gasteiger partial charge in [0.05, 0.1) is 36.8 Å². The van der Waals surface area contributed by atoms with Crippen LogP contribution in [0.3, 0.4) is 0 Å². The van der Waals surface area contributed by atoms with Crippen molar-refractivity contribution in [3.63, 3.8) is 0 Å². The molecule has 0 amide bonds. The predicted octanol–water partition coefficient (Wildman–Crippen LogP) is 3.87. The Morgan fingerprint density at radius 2 is 0.571 bits per heavy atom. The van der Waals surface area contributed by atoms with Crippen LogP contribution in [0.5, 0.6) is 0 Å². The molecule has 400 valence electrons. The van der Waals surface area contributed by atoms with E-state index in [1.807, 2.05) is 89.4 Å². The fourth-order valence-electron chi connectivity index (χ4n) is 9.39. The summed E-state index contributed by atoms with van der Waals surface area (Å²) >= 11 is 0. The highest BCUT2D eigenvalue weighted by Crippen LogP contribution is 2.57. The fourth-order valence-corrected chi connectivity index (χ4v) is 20.3. The molecule has 2 aromatic heterocycles. The molecule has 8 rings (SSSR count). The number of benzene rings is 6. The lowest BCUT2D eigenvalue weighted by Gasteiger charge is -2.28. The van der Waals surface area contributed by atoms with Gasteiger partial charge in [-0.1, -0.05) is 17.7 Å². The van der Waals surface area contributed by atoms with Crippen molar-refractivity contribution in [2.75, 3.05) is 12.3 Å². The monoisotopic (exact) mass is 1170 g/mol. The van der Waals surface area contributed by atoms with E-state index in [2.05, 4.69) is 0 Å². The number of pyridine rings is 2. The Bertz CT molecular complexity index is 3750. The van der Waals surface area contributed by atoms with E-state index in [-0.39, 0.29) is 9.79 Å². The van der Waals surface area contributed by atoms with Crippen molar-refractivity contribution in [1.29, 1.82) is 0 Å². The molecule has 0 aliphatic heterocycles. The first-order valence-electron chi connectivity index (χ1n) is 23.3. The molecule has 0 fully saturated rings. The highest BCUT2D eigenvalue weighted by Gasteiger charge is 2.47. The molecule has 0 spiro atoms. The lowest BCUT2D eigenvalue weighted by atomic mass is 10.1. The maximum atomic E-state index is 12.1. The topological polar surface area (TPSA) is 291 Å². The van der Waals surface area contributed by atoms with Gasteiger partial charge in [-0.15, -0.1) is 0 Å². The van der Waals surface area contributed by atoms with Gasteiger partial charge < -0.3 is 18.2 Å². The maximum absolute atomic E-state index is 12.1. The Balaban J connectivity index is 1.04. The lowest BCUT2D eigenvalue weighted by molar-refractivity contribution is -0.697. The third-order valence-electron chi connectivity index (χ3n) is 13.3. The van der Waals surface area contributed by atoms with Crippen LogP contribution < -0.4 is 41.0 Å². The molecule has 1 unspecified atom stereocenters. The largest absolute Gasteiger partial charge is 0.744 e. The van der Waals surface area contributed by atoms with Crippen LogP contribution in [-0.2, 0) is 63.7 Å². The number of rotatable bonds is 20. The molecule has 8 aromatic rings.